The minimum Gasteiger partial charge on any atom is -0.478 e. The average Bonchev–Trinajstić information content (AvgIpc) is 3.28. The Kier molecular flexibility index (Phi) is 9.29. The van der Waals surface area contributed by atoms with Crippen LogP contribution in [0.25, 0.3) is 11.1 Å². The molecule has 0 saturated heterocycles. The van der Waals surface area contributed by atoms with Gasteiger partial charge in [0.2, 0.25) is 10.0 Å². The second-order valence-electron chi connectivity index (χ2n) is 11.1. The lowest BCUT2D eigenvalue weighted by Gasteiger charge is -2.31. The lowest BCUT2D eigenvalue weighted by molar-refractivity contribution is 0.0697. The molecular formula is C30H34Cl2N2O5S. The summed E-state index contributed by atoms with van der Waals surface area (Å²) in [5.74, 6) is -0.570. The fourth-order valence-electron chi connectivity index (χ4n) is 5.40. The monoisotopic (exact) mass is 604 g/mol. The third kappa shape index (κ3) is 7.05. The molecule has 214 valence electrons. The van der Waals surface area contributed by atoms with E-state index in [4.69, 9.17) is 23.2 Å². The third-order valence-corrected chi connectivity index (χ3v) is 10.1. The number of nitrogens with one attached hydrogen (secondary N) is 1. The molecule has 1 aliphatic carbocycles. The highest BCUT2D eigenvalue weighted by Crippen LogP contribution is 2.36. The van der Waals surface area contributed by atoms with Gasteiger partial charge in [-0.2, -0.15) is 4.31 Å². The first-order valence-corrected chi connectivity index (χ1v) is 15.3. The van der Waals surface area contributed by atoms with Crippen LogP contribution in [0.4, 0.5) is 0 Å². The lowest BCUT2D eigenvalue weighted by atomic mass is 9.88. The Balaban J connectivity index is 1.39. The molecule has 40 heavy (non-hydrogen) atoms. The highest BCUT2D eigenvalue weighted by Gasteiger charge is 2.31. The Bertz CT molecular complexity index is 1460. The van der Waals surface area contributed by atoms with Crippen LogP contribution in [0.2, 0.25) is 10.0 Å². The molecular weight excluding hydrogens is 571 g/mol. The van der Waals surface area contributed by atoms with Crippen LogP contribution in [-0.4, -0.2) is 60.7 Å². The third-order valence-electron chi connectivity index (χ3n) is 7.33. The molecule has 3 N–H and O–H groups in total. The first-order valence-electron chi connectivity index (χ1n) is 13.1. The van der Waals surface area contributed by atoms with Crippen LogP contribution in [0.1, 0.15) is 41.8 Å². The van der Waals surface area contributed by atoms with Crippen molar-refractivity contribution in [1.82, 2.24) is 9.62 Å². The Hall–Kier alpha value is -2.46. The van der Waals surface area contributed by atoms with Crippen LogP contribution in [0.15, 0.2) is 65.6 Å². The van der Waals surface area contributed by atoms with Gasteiger partial charge in [0.05, 0.1) is 21.7 Å². The number of rotatable bonds is 11. The van der Waals surface area contributed by atoms with Gasteiger partial charge < -0.3 is 15.5 Å². The van der Waals surface area contributed by atoms with E-state index in [1.807, 2.05) is 0 Å². The van der Waals surface area contributed by atoms with Crippen molar-refractivity contribution < 1.29 is 23.4 Å². The number of carbonyl (C=O) groups is 1. The Morgan fingerprint density at radius 3 is 2.20 bits per heavy atom. The molecule has 0 heterocycles. The van der Waals surface area contributed by atoms with E-state index in [9.17, 15) is 23.4 Å². The molecule has 0 spiro atoms. The van der Waals surface area contributed by atoms with Crippen molar-refractivity contribution in [3.63, 3.8) is 0 Å². The summed E-state index contributed by atoms with van der Waals surface area (Å²) in [5.41, 5.74) is 3.65. The fraction of sp³-hybridized carbons (Fsp3) is 0.367. The number of likely N-dealkylation sites (N-methyl/N-ethyl adjacent to an activating group) is 1. The maximum absolute atomic E-state index is 13.4. The van der Waals surface area contributed by atoms with Gasteiger partial charge >= 0.3 is 5.97 Å². The number of carboxylic acids is 1. The number of fused-ring (bicyclic) bond motifs is 1. The largest absolute Gasteiger partial charge is 0.478 e. The number of aromatic carboxylic acids is 1. The summed E-state index contributed by atoms with van der Waals surface area (Å²) < 4.78 is 27.8. The molecule has 0 aromatic heterocycles. The molecule has 0 unspecified atom stereocenters. The average molecular weight is 606 g/mol. The Morgan fingerprint density at radius 1 is 1.02 bits per heavy atom. The summed E-state index contributed by atoms with van der Waals surface area (Å²) in [6.07, 6.45) is 2.04. The number of nitrogens with zero attached hydrogens (tertiary/aromatic N) is 1. The van der Waals surface area contributed by atoms with E-state index < -0.39 is 22.1 Å². The number of benzene rings is 3. The fourth-order valence-corrected chi connectivity index (χ4v) is 7.77. The number of hydrogen-bond acceptors (Lipinski definition) is 5. The molecule has 0 saturated carbocycles. The number of halogens is 2. The van der Waals surface area contributed by atoms with E-state index in [2.05, 4.69) is 43.4 Å². The van der Waals surface area contributed by atoms with Gasteiger partial charge in [0, 0.05) is 25.7 Å². The van der Waals surface area contributed by atoms with Gasteiger partial charge in [0.1, 0.15) is 4.90 Å². The molecule has 1 aliphatic rings. The number of sulfonamides is 1. The van der Waals surface area contributed by atoms with Gasteiger partial charge in [-0.25, -0.2) is 13.2 Å². The van der Waals surface area contributed by atoms with Crippen molar-refractivity contribution in [3.8, 4) is 11.1 Å². The maximum Gasteiger partial charge on any atom is 0.335 e. The molecule has 1 atom stereocenters. The summed E-state index contributed by atoms with van der Waals surface area (Å²) in [6, 6.07) is 17.6. The zero-order valence-electron chi connectivity index (χ0n) is 22.7. The molecule has 0 radical (unpaired) electrons. The van der Waals surface area contributed by atoms with Crippen LogP contribution in [-0.2, 0) is 22.9 Å². The standard InChI is InChI=1S/C30H34Cl2N2O5S/c1-30(2,16-19-11-20-7-4-5-8-21(20)12-19)33-17-25(35)18-34(3)40(38,39)28-26(31)14-24(15-27(28)32)22-9-6-10-23(13-22)29(36)37/h4-10,13-15,19,25,33,35H,11-12,16-18H2,1-3H3,(H,36,37)/t25-/m1/s1. The van der Waals surface area contributed by atoms with Crippen molar-refractivity contribution >= 4 is 39.2 Å². The van der Waals surface area contributed by atoms with Gasteiger partial charge in [0.15, 0.2) is 0 Å². The first-order chi connectivity index (χ1) is 18.8. The van der Waals surface area contributed by atoms with Crippen molar-refractivity contribution in [1.29, 1.82) is 0 Å². The number of hydrogen-bond donors (Lipinski definition) is 3. The smallest absolute Gasteiger partial charge is 0.335 e. The number of aliphatic hydroxyl groups excluding tert-OH is 1. The first kappa shape index (κ1) is 30.5. The topological polar surface area (TPSA) is 107 Å². The van der Waals surface area contributed by atoms with Gasteiger partial charge in [-0.05, 0) is 85.5 Å². The summed E-state index contributed by atoms with van der Waals surface area (Å²) in [5, 5.41) is 23.2. The zero-order chi connectivity index (χ0) is 29.2. The highest BCUT2D eigenvalue weighted by molar-refractivity contribution is 7.89. The molecule has 0 bridgehead atoms. The molecule has 3 aromatic rings. The second kappa shape index (κ2) is 12.2. The Labute approximate surface area is 245 Å². The predicted molar refractivity (Wildman–Crippen MR) is 159 cm³/mol. The van der Waals surface area contributed by atoms with Gasteiger partial charge in [-0.15, -0.1) is 0 Å². The lowest BCUT2D eigenvalue weighted by Crippen LogP contribution is -2.47. The van der Waals surface area contributed by atoms with E-state index >= 15 is 0 Å². The summed E-state index contributed by atoms with van der Waals surface area (Å²) in [4.78, 5) is 11.1. The quantitative estimate of drug-likeness (QED) is 0.266. The summed E-state index contributed by atoms with van der Waals surface area (Å²) in [7, 11) is -2.76. The molecule has 7 nitrogen and oxygen atoms in total. The van der Waals surface area contributed by atoms with E-state index in [1.165, 1.54) is 42.4 Å². The van der Waals surface area contributed by atoms with Crippen LogP contribution in [0.3, 0.4) is 0 Å². The summed E-state index contributed by atoms with van der Waals surface area (Å²) in [6.45, 7) is 4.25. The van der Waals surface area contributed by atoms with Crippen LogP contribution in [0.5, 0.6) is 0 Å². The van der Waals surface area contributed by atoms with Crippen molar-refractivity contribution in [2.24, 2.45) is 5.92 Å². The molecule has 0 amide bonds. The van der Waals surface area contributed by atoms with Gasteiger partial charge in [-0.1, -0.05) is 59.6 Å². The summed E-state index contributed by atoms with van der Waals surface area (Å²) >= 11 is 12.8. The van der Waals surface area contributed by atoms with E-state index in [0.717, 1.165) is 23.6 Å². The van der Waals surface area contributed by atoms with E-state index in [1.54, 1.807) is 12.1 Å². The van der Waals surface area contributed by atoms with E-state index in [-0.39, 0.29) is 39.1 Å². The molecule has 0 aliphatic heterocycles. The van der Waals surface area contributed by atoms with E-state index in [0.29, 0.717) is 17.0 Å². The van der Waals surface area contributed by atoms with Gasteiger partial charge in [0.25, 0.3) is 0 Å². The normalized spacial score (nSPS) is 14.9. The van der Waals surface area contributed by atoms with Crippen molar-refractivity contribution in [3.05, 3.63) is 87.4 Å². The van der Waals surface area contributed by atoms with Crippen LogP contribution >= 0.6 is 23.2 Å². The predicted octanol–water partition coefficient (Wildman–Crippen LogP) is 5.51. The van der Waals surface area contributed by atoms with Crippen LogP contribution in [0, 0.1) is 5.92 Å². The molecule has 10 heteroatoms. The SMILES string of the molecule is CN(C[C@H](O)CNC(C)(C)CC1Cc2ccccc2C1)S(=O)(=O)c1c(Cl)cc(-c2cccc(C(=O)O)c2)cc1Cl. The minimum absolute atomic E-state index is 0.0836. The van der Waals surface area contributed by atoms with Crippen molar-refractivity contribution in [2.75, 3.05) is 20.1 Å². The second-order valence-corrected chi connectivity index (χ2v) is 13.9. The molecule has 3 aromatic carbocycles. The number of carboxylic acid groups (broad SMARTS) is 1. The molecule has 4 rings (SSSR count). The highest BCUT2D eigenvalue weighted by atomic mass is 35.5. The molecule has 0 fully saturated rings. The number of aliphatic hydroxyl groups is 1. The minimum atomic E-state index is -4.13. The maximum atomic E-state index is 13.4. The van der Waals surface area contributed by atoms with Gasteiger partial charge in [-0.3, -0.25) is 0 Å². The zero-order valence-corrected chi connectivity index (χ0v) is 25.0. The number of β-amino-alcohol motifs (C(OH)–C–C–N with tert-alkyl or cyclic N) is 1. The van der Waals surface area contributed by atoms with Crippen molar-refractivity contribution in [2.45, 2.75) is 49.6 Å². The van der Waals surface area contributed by atoms with Crippen LogP contribution < -0.4 is 5.32 Å². The Morgan fingerprint density at radius 2 is 1.62 bits per heavy atom.